The molecule has 2 rings (SSSR count). The second-order valence-electron chi connectivity index (χ2n) is 4.93. The highest BCUT2D eigenvalue weighted by Gasteiger charge is 2.13. The van der Waals surface area contributed by atoms with Crippen LogP contribution in [0.1, 0.15) is 31.5 Å². The first-order valence-corrected chi connectivity index (χ1v) is 6.92. The lowest BCUT2D eigenvalue weighted by Crippen LogP contribution is -2.31. The molecule has 2 N–H and O–H groups in total. The molecule has 0 radical (unpaired) electrons. The number of alkyl halides is 1. The fourth-order valence-corrected chi connectivity index (χ4v) is 2.52. The van der Waals surface area contributed by atoms with Crippen molar-refractivity contribution in [2.24, 2.45) is 5.92 Å². The number of hydrogen-bond acceptors (Lipinski definition) is 2. The molecule has 1 fully saturated rings. The van der Waals surface area contributed by atoms with Crippen LogP contribution in [0.5, 0.6) is 0 Å². The van der Waals surface area contributed by atoms with Crippen LogP contribution in [0.15, 0.2) is 18.2 Å². The molecule has 1 aliphatic heterocycles. The number of benzene rings is 1. The van der Waals surface area contributed by atoms with E-state index in [0.717, 1.165) is 25.3 Å². The van der Waals surface area contributed by atoms with Gasteiger partial charge in [-0.2, -0.15) is 0 Å². The van der Waals surface area contributed by atoms with Crippen molar-refractivity contribution in [3.63, 3.8) is 0 Å². The van der Waals surface area contributed by atoms with Gasteiger partial charge in [-0.05, 0) is 56.5 Å². The molecule has 2 nitrogen and oxygen atoms in total. The Morgan fingerprint density at radius 3 is 2.78 bits per heavy atom. The molecule has 18 heavy (non-hydrogen) atoms. The van der Waals surface area contributed by atoms with Gasteiger partial charge in [0.15, 0.2) is 0 Å². The van der Waals surface area contributed by atoms with Crippen molar-refractivity contribution in [1.82, 2.24) is 5.32 Å². The molecular formula is C14H20ClFN2. The van der Waals surface area contributed by atoms with Crippen molar-refractivity contribution in [2.75, 3.05) is 25.0 Å². The standard InChI is InChI=1S/C14H20ClFN2/c1-10(16)12-2-3-14(13(15)8-12)18-9-11-4-6-17-7-5-11/h2-3,8,10-11,17-18H,4-7,9H2,1H3. The SMILES string of the molecule is CC(F)c1ccc(NCC2CCNCC2)c(Cl)c1. The zero-order valence-corrected chi connectivity index (χ0v) is 11.4. The Hall–Kier alpha value is -0.800. The van der Waals surface area contributed by atoms with Gasteiger partial charge in [-0.25, -0.2) is 4.39 Å². The molecule has 0 aromatic heterocycles. The van der Waals surface area contributed by atoms with Gasteiger partial charge in [0.25, 0.3) is 0 Å². The summed E-state index contributed by atoms with van der Waals surface area (Å²) in [7, 11) is 0. The quantitative estimate of drug-likeness (QED) is 0.870. The van der Waals surface area contributed by atoms with Crippen molar-refractivity contribution in [3.8, 4) is 0 Å². The molecule has 1 saturated heterocycles. The normalized spacial score (nSPS) is 18.6. The van der Waals surface area contributed by atoms with Crippen LogP contribution in [-0.4, -0.2) is 19.6 Å². The van der Waals surface area contributed by atoms with Gasteiger partial charge in [0.1, 0.15) is 6.17 Å². The van der Waals surface area contributed by atoms with Gasteiger partial charge in [-0.1, -0.05) is 17.7 Å². The van der Waals surface area contributed by atoms with E-state index in [-0.39, 0.29) is 0 Å². The van der Waals surface area contributed by atoms with Gasteiger partial charge in [0, 0.05) is 6.54 Å². The minimum absolute atomic E-state index is 0.603. The summed E-state index contributed by atoms with van der Waals surface area (Å²) in [5.74, 6) is 0.696. The number of rotatable bonds is 4. The fraction of sp³-hybridized carbons (Fsp3) is 0.571. The van der Waals surface area contributed by atoms with Gasteiger partial charge in [0.05, 0.1) is 10.7 Å². The maximum atomic E-state index is 13.1. The molecular weight excluding hydrogens is 251 g/mol. The van der Waals surface area contributed by atoms with Crippen LogP contribution in [0.3, 0.4) is 0 Å². The van der Waals surface area contributed by atoms with Crippen LogP contribution < -0.4 is 10.6 Å². The van der Waals surface area contributed by atoms with E-state index >= 15 is 0 Å². The van der Waals surface area contributed by atoms with Gasteiger partial charge in [0.2, 0.25) is 0 Å². The van der Waals surface area contributed by atoms with Crippen molar-refractivity contribution in [2.45, 2.75) is 25.9 Å². The molecule has 1 aromatic rings. The van der Waals surface area contributed by atoms with Crippen LogP contribution in [0.25, 0.3) is 0 Å². The number of piperidine rings is 1. The monoisotopic (exact) mass is 270 g/mol. The molecule has 0 aliphatic carbocycles. The second kappa shape index (κ2) is 6.39. The molecule has 0 spiro atoms. The van der Waals surface area contributed by atoms with Crippen molar-refractivity contribution >= 4 is 17.3 Å². The number of anilines is 1. The minimum atomic E-state index is -0.971. The molecule has 0 saturated carbocycles. The van der Waals surface area contributed by atoms with E-state index in [1.54, 1.807) is 12.1 Å². The largest absolute Gasteiger partial charge is 0.384 e. The maximum absolute atomic E-state index is 13.1. The van der Waals surface area contributed by atoms with Gasteiger partial charge in [-0.3, -0.25) is 0 Å². The Labute approximate surface area is 113 Å². The summed E-state index contributed by atoms with van der Waals surface area (Å²) in [5.41, 5.74) is 1.53. The summed E-state index contributed by atoms with van der Waals surface area (Å²) in [6, 6.07) is 5.37. The molecule has 1 atom stereocenters. The zero-order chi connectivity index (χ0) is 13.0. The lowest BCUT2D eigenvalue weighted by atomic mass is 9.98. The smallest absolute Gasteiger partial charge is 0.122 e. The Morgan fingerprint density at radius 2 is 2.17 bits per heavy atom. The fourth-order valence-electron chi connectivity index (χ4n) is 2.26. The van der Waals surface area contributed by atoms with Crippen LogP contribution >= 0.6 is 11.6 Å². The average molecular weight is 271 g/mol. The summed E-state index contributed by atoms with van der Waals surface area (Å²) in [6.45, 7) is 4.65. The molecule has 1 heterocycles. The van der Waals surface area contributed by atoms with Gasteiger partial charge < -0.3 is 10.6 Å². The second-order valence-corrected chi connectivity index (χ2v) is 5.34. The zero-order valence-electron chi connectivity index (χ0n) is 10.7. The van der Waals surface area contributed by atoms with E-state index in [2.05, 4.69) is 10.6 Å². The summed E-state index contributed by atoms with van der Waals surface area (Å²) >= 11 is 6.15. The van der Waals surface area contributed by atoms with Crippen molar-refractivity contribution < 1.29 is 4.39 Å². The first-order valence-electron chi connectivity index (χ1n) is 6.55. The lowest BCUT2D eigenvalue weighted by Gasteiger charge is -2.23. The highest BCUT2D eigenvalue weighted by Crippen LogP contribution is 2.27. The highest BCUT2D eigenvalue weighted by atomic mass is 35.5. The van der Waals surface area contributed by atoms with Crippen molar-refractivity contribution in [1.29, 1.82) is 0 Å². The summed E-state index contributed by atoms with van der Waals surface area (Å²) in [5, 5.41) is 7.32. The minimum Gasteiger partial charge on any atom is -0.384 e. The van der Waals surface area contributed by atoms with Crippen LogP contribution in [0.2, 0.25) is 5.02 Å². The molecule has 100 valence electrons. The molecule has 1 aromatic carbocycles. The molecule has 1 aliphatic rings. The predicted molar refractivity (Wildman–Crippen MR) is 75.1 cm³/mol. The third-order valence-corrected chi connectivity index (χ3v) is 3.81. The Bertz CT molecular complexity index is 389. The third kappa shape index (κ3) is 3.59. The van der Waals surface area contributed by atoms with E-state index in [0.29, 0.717) is 16.5 Å². The predicted octanol–water partition coefficient (Wildman–Crippen LogP) is 3.78. The molecule has 0 bridgehead atoms. The van der Waals surface area contributed by atoms with E-state index in [1.165, 1.54) is 19.8 Å². The first-order chi connectivity index (χ1) is 8.66. The molecule has 1 unspecified atom stereocenters. The highest BCUT2D eigenvalue weighted by molar-refractivity contribution is 6.33. The summed E-state index contributed by atoms with van der Waals surface area (Å²) < 4.78 is 13.1. The Balaban J connectivity index is 1.92. The Kier molecular flexibility index (Phi) is 4.84. The topological polar surface area (TPSA) is 24.1 Å². The first kappa shape index (κ1) is 13.6. The number of halogens is 2. The van der Waals surface area contributed by atoms with E-state index in [9.17, 15) is 4.39 Å². The average Bonchev–Trinajstić information content (AvgIpc) is 2.38. The van der Waals surface area contributed by atoms with E-state index in [4.69, 9.17) is 11.6 Å². The van der Waals surface area contributed by atoms with Crippen LogP contribution in [0.4, 0.5) is 10.1 Å². The molecule has 4 heteroatoms. The summed E-state index contributed by atoms with van der Waals surface area (Å²) in [4.78, 5) is 0. The van der Waals surface area contributed by atoms with Gasteiger partial charge in [-0.15, -0.1) is 0 Å². The number of hydrogen-bond donors (Lipinski definition) is 2. The maximum Gasteiger partial charge on any atom is 0.122 e. The lowest BCUT2D eigenvalue weighted by molar-refractivity contribution is 0.374. The third-order valence-electron chi connectivity index (χ3n) is 3.49. The molecule has 0 amide bonds. The van der Waals surface area contributed by atoms with Gasteiger partial charge >= 0.3 is 0 Å². The summed E-state index contributed by atoms with van der Waals surface area (Å²) in [6.07, 6.45) is 1.43. The van der Waals surface area contributed by atoms with Crippen LogP contribution in [-0.2, 0) is 0 Å². The van der Waals surface area contributed by atoms with Crippen molar-refractivity contribution in [3.05, 3.63) is 28.8 Å². The number of nitrogens with one attached hydrogen (secondary N) is 2. The van der Waals surface area contributed by atoms with E-state index in [1.807, 2.05) is 6.07 Å². The van der Waals surface area contributed by atoms with Crippen LogP contribution in [0, 0.1) is 5.92 Å². The Morgan fingerprint density at radius 1 is 1.44 bits per heavy atom. The van der Waals surface area contributed by atoms with E-state index < -0.39 is 6.17 Å².